The van der Waals surface area contributed by atoms with Gasteiger partial charge in [0.25, 0.3) is 0 Å². The molecule has 2 aromatic carbocycles. The van der Waals surface area contributed by atoms with Crippen molar-refractivity contribution < 1.29 is 9.57 Å². The summed E-state index contributed by atoms with van der Waals surface area (Å²) in [5.74, 6) is 1.86. The molecular formula is C24H26N4O2. The normalized spacial score (nSPS) is 29.6. The van der Waals surface area contributed by atoms with Gasteiger partial charge in [-0.15, -0.1) is 0 Å². The molecule has 2 heterocycles. The van der Waals surface area contributed by atoms with Gasteiger partial charge in [-0.2, -0.15) is 0 Å². The topological polar surface area (TPSA) is 64.4 Å². The van der Waals surface area contributed by atoms with Crippen LogP contribution in [-0.4, -0.2) is 23.7 Å². The number of nitrogens with two attached hydrogens (primary N) is 1. The highest BCUT2D eigenvalue weighted by Crippen LogP contribution is 2.55. The third kappa shape index (κ3) is 2.93. The second kappa shape index (κ2) is 6.75. The van der Waals surface area contributed by atoms with E-state index >= 15 is 0 Å². The molecule has 5 rings (SSSR count). The third-order valence-electron chi connectivity index (χ3n) is 6.75. The average molecular weight is 402 g/mol. The number of aliphatic imine (C=N–C) groups is 1. The first-order valence-corrected chi connectivity index (χ1v) is 10.6. The summed E-state index contributed by atoms with van der Waals surface area (Å²) in [6, 6.07) is 13.8. The van der Waals surface area contributed by atoms with Crippen molar-refractivity contribution in [2.75, 3.05) is 7.05 Å². The predicted molar refractivity (Wildman–Crippen MR) is 116 cm³/mol. The smallest absolute Gasteiger partial charge is 0.222 e. The van der Waals surface area contributed by atoms with Gasteiger partial charge in [-0.05, 0) is 54.5 Å². The van der Waals surface area contributed by atoms with Crippen LogP contribution in [0.4, 0.5) is 5.69 Å². The maximum absolute atomic E-state index is 7.30. The molecule has 154 valence electrons. The van der Waals surface area contributed by atoms with Crippen molar-refractivity contribution in [3.8, 4) is 16.9 Å². The minimum atomic E-state index is -0.873. The lowest BCUT2D eigenvalue weighted by Gasteiger charge is -2.43. The number of fused-ring (bicyclic) bond motifs is 2. The number of hydrogen-bond acceptors (Lipinski definition) is 5. The molecule has 2 aromatic rings. The first kappa shape index (κ1) is 19.0. The Morgan fingerprint density at radius 3 is 2.80 bits per heavy atom. The molecule has 0 amide bonds. The van der Waals surface area contributed by atoms with Crippen molar-refractivity contribution in [1.29, 1.82) is 0 Å². The molecule has 1 aliphatic carbocycles. The van der Waals surface area contributed by atoms with E-state index in [9.17, 15) is 0 Å². The Kier molecular flexibility index (Phi) is 4.26. The summed E-state index contributed by atoms with van der Waals surface area (Å²) in [5, 5.41) is 1.56. The van der Waals surface area contributed by atoms with Crippen LogP contribution in [0, 0.1) is 12.5 Å². The fraction of sp³-hybridized carbons (Fsp3) is 0.417. The number of hydroxylamine groups is 2. The summed E-state index contributed by atoms with van der Waals surface area (Å²) in [7, 11) is 1.79. The molecule has 3 aliphatic rings. The molecule has 1 fully saturated rings. The molecule has 30 heavy (non-hydrogen) atoms. The highest BCUT2D eigenvalue weighted by molar-refractivity contribution is 5.79. The van der Waals surface area contributed by atoms with Crippen LogP contribution in [0.1, 0.15) is 44.6 Å². The van der Waals surface area contributed by atoms with Crippen LogP contribution in [0.25, 0.3) is 16.0 Å². The standard InChI is InChI=1S/C24H26N4O2/c1-4-16-10-11-23(14-16)15-24(27-22(25)28(3)30-24)20-13-18(8-9-21(20)29-23)17-6-5-7-19(12-17)26-2/h5-9,12-13,16H,4,10-11,14-15H2,1,3H3,(H2,25,27). The molecule has 2 aliphatic heterocycles. The molecule has 2 spiro atoms. The quantitative estimate of drug-likeness (QED) is 0.720. The number of rotatable bonds is 2. The molecule has 0 saturated heterocycles. The van der Waals surface area contributed by atoms with E-state index in [1.165, 1.54) is 6.42 Å². The van der Waals surface area contributed by atoms with Crippen LogP contribution in [0.5, 0.6) is 5.75 Å². The maximum atomic E-state index is 7.30. The molecule has 0 aromatic heterocycles. The van der Waals surface area contributed by atoms with Crippen molar-refractivity contribution in [2.45, 2.75) is 50.4 Å². The zero-order chi connectivity index (χ0) is 20.9. The van der Waals surface area contributed by atoms with Gasteiger partial charge in [0, 0.05) is 13.5 Å². The van der Waals surface area contributed by atoms with Gasteiger partial charge in [0.05, 0.1) is 12.1 Å². The molecule has 3 atom stereocenters. The van der Waals surface area contributed by atoms with Crippen LogP contribution >= 0.6 is 0 Å². The molecule has 0 bridgehead atoms. The van der Waals surface area contributed by atoms with Gasteiger partial charge in [0.15, 0.2) is 5.69 Å². The summed E-state index contributed by atoms with van der Waals surface area (Å²) < 4.78 is 6.65. The Hall–Kier alpha value is -3.04. The minimum Gasteiger partial charge on any atom is -0.487 e. The number of ether oxygens (including phenoxy) is 1. The van der Waals surface area contributed by atoms with Crippen molar-refractivity contribution in [3.63, 3.8) is 0 Å². The summed E-state index contributed by atoms with van der Waals surface area (Å²) >= 11 is 0. The lowest BCUT2D eigenvalue weighted by atomic mass is 9.82. The van der Waals surface area contributed by atoms with E-state index in [1.807, 2.05) is 36.4 Å². The number of hydrogen-bond donors (Lipinski definition) is 1. The third-order valence-corrected chi connectivity index (χ3v) is 6.75. The molecule has 2 N–H and O–H groups in total. The van der Waals surface area contributed by atoms with Crippen LogP contribution in [-0.2, 0) is 10.6 Å². The van der Waals surface area contributed by atoms with E-state index in [0.717, 1.165) is 41.7 Å². The second-order valence-corrected chi connectivity index (χ2v) is 8.70. The predicted octanol–water partition coefficient (Wildman–Crippen LogP) is 4.98. The van der Waals surface area contributed by atoms with E-state index in [1.54, 1.807) is 12.1 Å². The monoisotopic (exact) mass is 402 g/mol. The molecular weight excluding hydrogens is 376 g/mol. The Morgan fingerprint density at radius 2 is 2.10 bits per heavy atom. The molecule has 3 unspecified atom stereocenters. The SMILES string of the molecule is [C-]#[N+]c1cccc(-c2ccc3c(c2)C2(CC4(CCC(CC)C4)O3)N=C(N)N(C)O2)c1. The largest absolute Gasteiger partial charge is 0.487 e. The van der Waals surface area contributed by atoms with Crippen LogP contribution in [0.15, 0.2) is 47.5 Å². The summed E-state index contributed by atoms with van der Waals surface area (Å²) in [4.78, 5) is 14.7. The Morgan fingerprint density at radius 1 is 1.27 bits per heavy atom. The van der Waals surface area contributed by atoms with Gasteiger partial charge >= 0.3 is 0 Å². The van der Waals surface area contributed by atoms with Crippen molar-refractivity contribution in [3.05, 3.63) is 59.4 Å². The highest BCUT2D eigenvalue weighted by Gasteiger charge is 2.56. The van der Waals surface area contributed by atoms with Gasteiger partial charge in [-0.1, -0.05) is 37.6 Å². The molecule has 1 saturated carbocycles. The molecule has 6 nitrogen and oxygen atoms in total. The second-order valence-electron chi connectivity index (χ2n) is 8.70. The average Bonchev–Trinajstić information content (AvgIpc) is 3.27. The fourth-order valence-electron chi connectivity index (χ4n) is 5.19. The summed E-state index contributed by atoms with van der Waals surface area (Å²) in [6.45, 7) is 9.55. The fourth-order valence-corrected chi connectivity index (χ4v) is 5.19. The Bertz CT molecular complexity index is 1080. The minimum absolute atomic E-state index is 0.270. The Labute approximate surface area is 177 Å². The van der Waals surface area contributed by atoms with E-state index < -0.39 is 5.72 Å². The zero-order valence-corrected chi connectivity index (χ0v) is 17.4. The lowest BCUT2D eigenvalue weighted by Crippen LogP contribution is -2.47. The first-order valence-electron chi connectivity index (χ1n) is 10.6. The van der Waals surface area contributed by atoms with E-state index in [4.69, 9.17) is 26.9 Å². The summed E-state index contributed by atoms with van der Waals surface area (Å²) in [6.07, 6.45) is 5.00. The van der Waals surface area contributed by atoms with E-state index in [0.29, 0.717) is 24.0 Å². The van der Waals surface area contributed by atoms with Crippen LogP contribution < -0.4 is 10.5 Å². The first-order chi connectivity index (χ1) is 14.5. The highest BCUT2D eigenvalue weighted by atomic mass is 16.7. The van der Waals surface area contributed by atoms with Crippen LogP contribution in [0.2, 0.25) is 0 Å². The van der Waals surface area contributed by atoms with Crippen molar-refractivity contribution in [2.24, 2.45) is 16.6 Å². The van der Waals surface area contributed by atoms with Crippen LogP contribution in [0.3, 0.4) is 0 Å². The Balaban J connectivity index is 1.62. The molecule has 0 radical (unpaired) electrons. The van der Waals surface area contributed by atoms with E-state index in [2.05, 4.69) is 17.8 Å². The summed E-state index contributed by atoms with van der Waals surface area (Å²) in [5.41, 5.74) is 8.50. The van der Waals surface area contributed by atoms with Crippen molar-refractivity contribution >= 4 is 11.6 Å². The lowest BCUT2D eigenvalue weighted by molar-refractivity contribution is -0.203. The van der Waals surface area contributed by atoms with Gasteiger partial charge < -0.3 is 10.5 Å². The van der Waals surface area contributed by atoms with E-state index in [-0.39, 0.29) is 5.60 Å². The van der Waals surface area contributed by atoms with Gasteiger partial charge in [-0.3, -0.25) is 0 Å². The van der Waals surface area contributed by atoms with Gasteiger partial charge in [0.1, 0.15) is 11.4 Å². The number of benzene rings is 2. The van der Waals surface area contributed by atoms with Gasteiger partial charge in [-0.25, -0.2) is 19.7 Å². The number of nitrogens with zero attached hydrogens (tertiary/aromatic N) is 3. The molecule has 6 heteroatoms. The van der Waals surface area contributed by atoms with Gasteiger partial charge in [0.2, 0.25) is 11.7 Å². The zero-order valence-electron chi connectivity index (χ0n) is 17.4. The van der Waals surface area contributed by atoms with Crippen molar-refractivity contribution in [1.82, 2.24) is 5.06 Å². The number of guanidine groups is 1. The maximum Gasteiger partial charge on any atom is 0.222 e.